The number of allylic oxidation sites excluding steroid dienone is 1. The molecule has 0 heterocycles. The Morgan fingerprint density at radius 3 is 2.57 bits per heavy atom. The molecule has 4 atom stereocenters. The Balaban J connectivity index is 1.82. The van der Waals surface area contributed by atoms with Crippen LogP contribution in [0.15, 0.2) is 42.0 Å². The first kappa shape index (κ1) is 20.7. The fourth-order valence-electron chi connectivity index (χ4n) is 5.02. The van der Waals surface area contributed by atoms with E-state index < -0.39 is 11.6 Å². The number of carbonyl (C=O) groups is 1. The summed E-state index contributed by atoms with van der Waals surface area (Å²) in [5, 5.41) is 20.9. The number of esters is 1. The van der Waals surface area contributed by atoms with E-state index >= 15 is 0 Å². The van der Waals surface area contributed by atoms with Crippen molar-refractivity contribution in [3.63, 3.8) is 0 Å². The summed E-state index contributed by atoms with van der Waals surface area (Å²) in [6, 6.07) is 6.64. The topological polar surface area (TPSA) is 66.8 Å². The lowest BCUT2D eigenvalue weighted by atomic mass is 9.67. The Morgan fingerprint density at radius 2 is 1.93 bits per heavy atom. The smallest absolute Gasteiger partial charge is 0.331 e. The van der Waals surface area contributed by atoms with E-state index in [9.17, 15) is 15.0 Å². The largest absolute Gasteiger partial charge is 0.508 e. The number of fused-ring (bicyclic) bond motifs is 1. The van der Waals surface area contributed by atoms with Crippen LogP contribution in [-0.4, -0.2) is 27.9 Å². The predicted molar refractivity (Wildman–Crippen MR) is 111 cm³/mol. The highest BCUT2D eigenvalue weighted by Crippen LogP contribution is 2.58. The molecule has 1 saturated carbocycles. The lowest BCUT2D eigenvalue weighted by Gasteiger charge is -2.43. The lowest BCUT2D eigenvalue weighted by Crippen LogP contribution is -2.50. The molecule has 0 bridgehead atoms. The van der Waals surface area contributed by atoms with Crippen LogP contribution in [0.3, 0.4) is 0 Å². The van der Waals surface area contributed by atoms with E-state index in [-0.39, 0.29) is 29.1 Å². The van der Waals surface area contributed by atoms with Crippen LogP contribution in [0.5, 0.6) is 5.75 Å². The van der Waals surface area contributed by atoms with Crippen LogP contribution in [0.1, 0.15) is 58.9 Å². The van der Waals surface area contributed by atoms with Gasteiger partial charge in [-0.15, -0.1) is 0 Å². The van der Waals surface area contributed by atoms with Gasteiger partial charge in [0.1, 0.15) is 11.9 Å². The molecule has 1 aromatic rings. The average molecular weight is 385 g/mol. The number of carbonyl (C=O) groups excluding carboxylic acids is 1. The first-order valence-electron chi connectivity index (χ1n) is 10.2. The van der Waals surface area contributed by atoms with Crippen LogP contribution in [0.2, 0.25) is 0 Å². The number of benzene rings is 1. The number of hydrogen-bond donors (Lipinski definition) is 2. The molecule has 0 spiro atoms. The fourth-order valence-corrected chi connectivity index (χ4v) is 5.02. The van der Waals surface area contributed by atoms with Gasteiger partial charge in [-0.05, 0) is 61.3 Å². The second kappa shape index (κ2) is 7.75. The molecule has 2 aliphatic carbocycles. The molecule has 0 radical (unpaired) electrons. The predicted octanol–water partition coefficient (Wildman–Crippen LogP) is 4.86. The highest BCUT2D eigenvalue weighted by Gasteiger charge is 2.59. The normalized spacial score (nSPS) is 32.9. The molecule has 2 aliphatic rings. The van der Waals surface area contributed by atoms with Crippen LogP contribution in [0.4, 0.5) is 0 Å². The van der Waals surface area contributed by atoms with Crippen LogP contribution in [0.25, 0.3) is 6.08 Å². The molecule has 2 N–H and O–H groups in total. The highest BCUT2D eigenvalue weighted by molar-refractivity contribution is 5.87. The van der Waals surface area contributed by atoms with E-state index in [0.717, 1.165) is 24.8 Å². The van der Waals surface area contributed by atoms with Gasteiger partial charge in [0.05, 0.1) is 5.60 Å². The van der Waals surface area contributed by atoms with Gasteiger partial charge in [0.2, 0.25) is 0 Å². The van der Waals surface area contributed by atoms with Crippen LogP contribution >= 0.6 is 0 Å². The number of ether oxygens (including phenoxy) is 1. The van der Waals surface area contributed by atoms with E-state index in [4.69, 9.17) is 4.74 Å². The van der Waals surface area contributed by atoms with Gasteiger partial charge in [0, 0.05) is 18.4 Å². The summed E-state index contributed by atoms with van der Waals surface area (Å²) in [6.45, 7) is 8.41. The summed E-state index contributed by atoms with van der Waals surface area (Å²) in [7, 11) is 0. The molecular weight excluding hydrogens is 352 g/mol. The Morgan fingerprint density at radius 1 is 1.25 bits per heavy atom. The molecule has 4 nitrogen and oxygen atoms in total. The van der Waals surface area contributed by atoms with E-state index in [2.05, 4.69) is 33.8 Å². The maximum absolute atomic E-state index is 12.6. The summed E-state index contributed by atoms with van der Waals surface area (Å²) in [5.74, 6) is -0.187. The van der Waals surface area contributed by atoms with Crippen molar-refractivity contribution < 1.29 is 19.7 Å². The molecule has 0 aliphatic heterocycles. The van der Waals surface area contributed by atoms with Crippen LogP contribution < -0.4 is 0 Å². The lowest BCUT2D eigenvalue weighted by molar-refractivity contribution is -0.160. The number of aliphatic hydroxyl groups is 1. The zero-order chi connectivity index (χ0) is 20.5. The summed E-state index contributed by atoms with van der Waals surface area (Å²) < 4.78 is 5.94. The second-order valence-electron chi connectivity index (χ2n) is 9.14. The third kappa shape index (κ3) is 4.02. The molecular formula is C24H32O4. The molecule has 0 aromatic heterocycles. The molecule has 0 saturated heterocycles. The fraction of sp³-hybridized carbons (Fsp3) is 0.542. The molecule has 4 heteroatoms. The zero-order valence-electron chi connectivity index (χ0n) is 17.3. The van der Waals surface area contributed by atoms with Crippen LogP contribution in [0, 0.1) is 17.3 Å². The van der Waals surface area contributed by atoms with Crippen molar-refractivity contribution in [3.8, 4) is 5.75 Å². The summed E-state index contributed by atoms with van der Waals surface area (Å²) in [4.78, 5) is 12.6. The number of rotatable bonds is 4. The van der Waals surface area contributed by atoms with Gasteiger partial charge < -0.3 is 14.9 Å². The van der Waals surface area contributed by atoms with Gasteiger partial charge >= 0.3 is 5.97 Å². The van der Waals surface area contributed by atoms with Crippen molar-refractivity contribution >= 4 is 12.0 Å². The van der Waals surface area contributed by atoms with Crippen molar-refractivity contribution in [1.82, 2.24) is 0 Å². The number of phenols is 1. The van der Waals surface area contributed by atoms with E-state index in [1.54, 1.807) is 30.3 Å². The Labute approximate surface area is 167 Å². The van der Waals surface area contributed by atoms with E-state index in [1.165, 1.54) is 11.6 Å². The Bertz CT molecular complexity index is 776. The maximum atomic E-state index is 12.6. The maximum Gasteiger partial charge on any atom is 0.331 e. The minimum Gasteiger partial charge on any atom is -0.508 e. The Hall–Kier alpha value is -2.07. The molecule has 152 valence electrons. The van der Waals surface area contributed by atoms with Crippen molar-refractivity contribution in [3.05, 3.63) is 47.6 Å². The SMILES string of the molecule is CC1=CC[C@@]2(C)CC[C@@](O)(C(C)C)[C@@H]2[C@@H](OC(=O)/C=C/c2ccc(O)cc2)C1. The minimum absolute atomic E-state index is 0.0671. The standard InChI is InChI=1S/C24H32O4/c1-16(2)24(27)14-13-23(4)12-11-17(3)15-20(22(23)24)28-21(26)10-7-18-5-8-19(25)9-6-18/h5-11,16,20,22,25,27H,12-15H2,1-4H3/b10-7+/t20-,22+,23-,24+/m0/s1. The van der Waals surface area contributed by atoms with Crippen molar-refractivity contribution in [2.24, 2.45) is 17.3 Å². The first-order valence-corrected chi connectivity index (χ1v) is 10.2. The van der Waals surface area contributed by atoms with Gasteiger partial charge in [-0.2, -0.15) is 0 Å². The Kier molecular flexibility index (Phi) is 5.72. The van der Waals surface area contributed by atoms with E-state index in [0.29, 0.717) is 6.42 Å². The number of hydrogen-bond acceptors (Lipinski definition) is 4. The molecule has 0 amide bonds. The van der Waals surface area contributed by atoms with Gasteiger partial charge in [0.15, 0.2) is 0 Å². The van der Waals surface area contributed by atoms with Gasteiger partial charge in [-0.3, -0.25) is 0 Å². The summed E-state index contributed by atoms with van der Waals surface area (Å²) in [6.07, 6.45) is 8.28. The molecule has 1 aromatic carbocycles. The monoisotopic (exact) mass is 384 g/mol. The van der Waals surface area contributed by atoms with Crippen LogP contribution in [-0.2, 0) is 9.53 Å². The summed E-state index contributed by atoms with van der Waals surface area (Å²) >= 11 is 0. The molecule has 0 unspecified atom stereocenters. The van der Waals surface area contributed by atoms with Gasteiger partial charge in [0.25, 0.3) is 0 Å². The third-order valence-electron chi connectivity index (χ3n) is 6.77. The highest BCUT2D eigenvalue weighted by atomic mass is 16.5. The van der Waals surface area contributed by atoms with Crippen molar-refractivity contribution in [2.45, 2.75) is 65.1 Å². The molecule has 1 fully saturated rings. The second-order valence-corrected chi connectivity index (χ2v) is 9.14. The third-order valence-corrected chi connectivity index (χ3v) is 6.77. The van der Waals surface area contributed by atoms with Crippen molar-refractivity contribution in [2.75, 3.05) is 0 Å². The number of phenolic OH excluding ortho intramolecular Hbond substituents is 1. The minimum atomic E-state index is -0.821. The quantitative estimate of drug-likeness (QED) is 0.442. The molecule has 28 heavy (non-hydrogen) atoms. The van der Waals surface area contributed by atoms with Gasteiger partial charge in [-0.1, -0.05) is 44.6 Å². The van der Waals surface area contributed by atoms with Gasteiger partial charge in [-0.25, -0.2) is 4.79 Å². The first-order chi connectivity index (χ1) is 13.1. The average Bonchev–Trinajstić information content (AvgIpc) is 2.84. The van der Waals surface area contributed by atoms with Crippen molar-refractivity contribution in [1.29, 1.82) is 0 Å². The zero-order valence-corrected chi connectivity index (χ0v) is 17.3. The molecule has 3 rings (SSSR count). The summed E-state index contributed by atoms with van der Waals surface area (Å²) in [5.41, 5.74) is 1.14. The number of aromatic hydroxyl groups is 1. The van der Waals surface area contributed by atoms with E-state index in [1.807, 2.05) is 0 Å².